The van der Waals surface area contributed by atoms with Crippen LogP contribution in [0.1, 0.15) is 18.1 Å². The van der Waals surface area contributed by atoms with Crippen molar-refractivity contribution in [2.45, 2.75) is 30.9 Å². The van der Waals surface area contributed by atoms with Gasteiger partial charge in [0.1, 0.15) is 0 Å². The Morgan fingerprint density at radius 1 is 1.14 bits per heavy atom. The minimum Gasteiger partial charge on any atom is -0.325 e. The molecule has 0 bridgehead atoms. The van der Waals surface area contributed by atoms with Crippen LogP contribution in [0.2, 0.25) is 5.02 Å². The molecule has 2 rings (SSSR count). The van der Waals surface area contributed by atoms with E-state index >= 15 is 0 Å². The number of anilines is 1. The van der Waals surface area contributed by atoms with Gasteiger partial charge in [-0.3, -0.25) is 4.79 Å². The number of benzene rings is 2. The third-order valence-electron chi connectivity index (χ3n) is 3.36. The van der Waals surface area contributed by atoms with Crippen molar-refractivity contribution in [3.63, 3.8) is 0 Å². The van der Waals surface area contributed by atoms with Gasteiger partial charge in [-0.1, -0.05) is 23.7 Å². The number of hydrogen-bond donors (Lipinski definition) is 1. The number of rotatable bonds is 4. The van der Waals surface area contributed by atoms with Crippen molar-refractivity contribution in [2.24, 2.45) is 0 Å². The molecule has 0 aliphatic heterocycles. The van der Waals surface area contributed by atoms with E-state index in [0.29, 0.717) is 5.02 Å². The first-order valence-electron chi connectivity index (χ1n) is 6.76. The Hall–Kier alpha value is -1.45. The van der Waals surface area contributed by atoms with E-state index in [-0.39, 0.29) is 11.2 Å². The van der Waals surface area contributed by atoms with Crippen molar-refractivity contribution in [1.82, 2.24) is 0 Å². The number of thioether (sulfide) groups is 1. The summed E-state index contributed by atoms with van der Waals surface area (Å²) in [7, 11) is 0. The Bertz CT molecular complexity index is 640. The van der Waals surface area contributed by atoms with Crippen LogP contribution in [0.25, 0.3) is 0 Å². The molecule has 0 saturated heterocycles. The number of hydrogen-bond acceptors (Lipinski definition) is 2. The average Bonchev–Trinajstić information content (AvgIpc) is 2.46. The molecule has 1 N–H and O–H groups in total. The van der Waals surface area contributed by atoms with Crippen LogP contribution in [0.15, 0.2) is 47.4 Å². The predicted octanol–water partition coefficient (Wildman–Crippen LogP) is 5.08. The van der Waals surface area contributed by atoms with Crippen molar-refractivity contribution >= 4 is 35.0 Å². The van der Waals surface area contributed by atoms with Crippen molar-refractivity contribution in [3.05, 3.63) is 58.6 Å². The van der Waals surface area contributed by atoms with Gasteiger partial charge >= 0.3 is 0 Å². The summed E-state index contributed by atoms with van der Waals surface area (Å²) in [6, 6.07) is 13.4. The molecule has 0 saturated carbocycles. The summed E-state index contributed by atoms with van der Waals surface area (Å²) in [6.45, 7) is 5.96. The first-order valence-corrected chi connectivity index (χ1v) is 8.02. The molecule has 110 valence electrons. The second-order valence-corrected chi connectivity index (χ2v) is 6.80. The van der Waals surface area contributed by atoms with Gasteiger partial charge in [0.25, 0.3) is 0 Å². The molecule has 0 aliphatic carbocycles. The van der Waals surface area contributed by atoms with E-state index in [1.54, 1.807) is 0 Å². The van der Waals surface area contributed by atoms with Crippen LogP contribution >= 0.6 is 23.4 Å². The number of carbonyl (C=O) groups excluding carboxylic acids is 1. The molecule has 4 heteroatoms. The van der Waals surface area contributed by atoms with Crippen LogP contribution in [0.5, 0.6) is 0 Å². The van der Waals surface area contributed by atoms with Gasteiger partial charge in [0.2, 0.25) is 5.91 Å². The molecule has 0 spiro atoms. The summed E-state index contributed by atoms with van der Waals surface area (Å²) in [6.07, 6.45) is 0. The van der Waals surface area contributed by atoms with Crippen LogP contribution in [0.3, 0.4) is 0 Å². The zero-order valence-electron chi connectivity index (χ0n) is 12.3. The fourth-order valence-electron chi connectivity index (χ4n) is 1.89. The first-order chi connectivity index (χ1) is 9.97. The van der Waals surface area contributed by atoms with Gasteiger partial charge in [0, 0.05) is 15.6 Å². The van der Waals surface area contributed by atoms with Gasteiger partial charge in [0.15, 0.2) is 0 Å². The number of amides is 1. The highest BCUT2D eigenvalue weighted by atomic mass is 35.5. The maximum Gasteiger partial charge on any atom is 0.237 e. The number of aryl methyl sites for hydroxylation is 1. The fourth-order valence-corrected chi connectivity index (χ4v) is 2.89. The zero-order chi connectivity index (χ0) is 15.4. The molecule has 0 fully saturated rings. The smallest absolute Gasteiger partial charge is 0.237 e. The van der Waals surface area contributed by atoms with Crippen molar-refractivity contribution in [2.75, 3.05) is 5.32 Å². The van der Waals surface area contributed by atoms with E-state index in [4.69, 9.17) is 11.6 Å². The van der Waals surface area contributed by atoms with E-state index in [1.807, 2.05) is 63.2 Å². The zero-order valence-corrected chi connectivity index (χ0v) is 13.9. The maximum atomic E-state index is 12.3. The quantitative estimate of drug-likeness (QED) is 0.796. The average molecular weight is 320 g/mol. The van der Waals surface area contributed by atoms with Crippen LogP contribution < -0.4 is 5.32 Å². The van der Waals surface area contributed by atoms with Gasteiger partial charge in [0.05, 0.1) is 5.25 Å². The normalized spacial score (nSPS) is 12.0. The molecule has 21 heavy (non-hydrogen) atoms. The molecule has 0 radical (unpaired) electrons. The molecule has 0 aliphatic rings. The summed E-state index contributed by atoms with van der Waals surface area (Å²) >= 11 is 7.38. The Morgan fingerprint density at radius 2 is 1.81 bits per heavy atom. The van der Waals surface area contributed by atoms with Gasteiger partial charge in [-0.25, -0.2) is 0 Å². The standard InChI is InChI=1S/C17H18ClNOS/c1-11-5-4-6-16(12(11)2)19-17(20)13(3)21-15-9-7-14(18)8-10-15/h4-10,13H,1-3H3,(H,19,20)/t13-/m0/s1. The summed E-state index contributed by atoms with van der Waals surface area (Å²) in [4.78, 5) is 13.3. The third kappa shape index (κ3) is 4.26. The van der Waals surface area contributed by atoms with Crippen LogP contribution in [-0.2, 0) is 4.79 Å². The van der Waals surface area contributed by atoms with Crippen molar-refractivity contribution in [1.29, 1.82) is 0 Å². The molecule has 2 nitrogen and oxygen atoms in total. The largest absolute Gasteiger partial charge is 0.325 e. The minimum absolute atomic E-state index is 0.00338. The topological polar surface area (TPSA) is 29.1 Å². The Labute approximate surface area is 134 Å². The Balaban J connectivity index is 2.02. The lowest BCUT2D eigenvalue weighted by Gasteiger charge is -2.14. The highest BCUT2D eigenvalue weighted by Crippen LogP contribution is 2.26. The van der Waals surface area contributed by atoms with Crippen LogP contribution in [0.4, 0.5) is 5.69 Å². The predicted molar refractivity (Wildman–Crippen MR) is 91.3 cm³/mol. The van der Waals surface area contributed by atoms with Gasteiger partial charge in [-0.15, -0.1) is 11.8 Å². The molecule has 0 aromatic heterocycles. The third-order valence-corrected chi connectivity index (χ3v) is 4.72. The van der Waals surface area contributed by atoms with Gasteiger partial charge in [-0.05, 0) is 62.2 Å². The first kappa shape index (κ1) is 15.9. The second kappa shape index (κ2) is 7.01. The molecule has 1 amide bonds. The molecule has 0 unspecified atom stereocenters. The minimum atomic E-state index is -0.175. The SMILES string of the molecule is Cc1cccc(NC(=O)[C@H](C)Sc2ccc(Cl)cc2)c1C. The van der Waals surface area contributed by atoms with E-state index in [0.717, 1.165) is 16.1 Å². The van der Waals surface area contributed by atoms with Crippen LogP contribution in [0, 0.1) is 13.8 Å². The molecule has 2 aromatic carbocycles. The lowest BCUT2D eigenvalue weighted by atomic mass is 10.1. The molecule has 1 atom stereocenters. The highest BCUT2D eigenvalue weighted by molar-refractivity contribution is 8.00. The number of nitrogens with one attached hydrogen (secondary N) is 1. The fraction of sp³-hybridized carbons (Fsp3) is 0.235. The van der Waals surface area contributed by atoms with Gasteiger partial charge < -0.3 is 5.32 Å². The van der Waals surface area contributed by atoms with E-state index in [1.165, 1.54) is 17.3 Å². The molecular formula is C17H18ClNOS. The van der Waals surface area contributed by atoms with Gasteiger partial charge in [-0.2, -0.15) is 0 Å². The maximum absolute atomic E-state index is 12.3. The second-order valence-electron chi connectivity index (χ2n) is 4.95. The van der Waals surface area contributed by atoms with Crippen LogP contribution in [-0.4, -0.2) is 11.2 Å². The van der Waals surface area contributed by atoms with Crippen molar-refractivity contribution < 1.29 is 4.79 Å². The Kier molecular flexibility index (Phi) is 5.32. The molecule has 2 aromatic rings. The summed E-state index contributed by atoms with van der Waals surface area (Å²) in [5.41, 5.74) is 3.16. The summed E-state index contributed by atoms with van der Waals surface area (Å²) in [5, 5.41) is 3.52. The monoisotopic (exact) mass is 319 g/mol. The summed E-state index contributed by atoms with van der Waals surface area (Å²) in [5.74, 6) is 0.00338. The summed E-state index contributed by atoms with van der Waals surface area (Å²) < 4.78 is 0. The highest BCUT2D eigenvalue weighted by Gasteiger charge is 2.15. The van der Waals surface area contributed by atoms with Crippen molar-refractivity contribution in [3.8, 4) is 0 Å². The Morgan fingerprint density at radius 3 is 2.48 bits per heavy atom. The van der Waals surface area contributed by atoms with E-state index < -0.39 is 0 Å². The number of halogens is 1. The number of carbonyl (C=O) groups is 1. The van der Waals surface area contributed by atoms with E-state index in [9.17, 15) is 4.79 Å². The van der Waals surface area contributed by atoms with E-state index in [2.05, 4.69) is 5.32 Å². The molecular weight excluding hydrogens is 302 g/mol. The molecule has 0 heterocycles. The lowest BCUT2D eigenvalue weighted by molar-refractivity contribution is -0.115. The lowest BCUT2D eigenvalue weighted by Crippen LogP contribution is -2.22.